The van der Waals surface area contributed by atoms with Gasteiger partial charge in [-0.2, -0.15) is 0 Å². The van der Waals surface area contributed by atoms with E-state index in [0.717, 1.165) is 0 Å². The highest BCUT2D eigenvalue weighted by molar-refractivity contribution is 7.85. The average Bonchev–Trinajstić information content (AvgIpc) is 2.37. The molecule has 2 atom stereocenters. The lowest BCUT2D eigenvalue weighted by Crippen LogP contribution is -2.22. The third-order valence-electron chi connectivity index (χ3n) is 2.49. The fourth-order valence-corrected chi connectivity index (χ4v) is 2.35. The molecule has 0 aromatic heterocycles. The van der Waals surface area contributed by atoms with E-state index in [4.69, 9.17) is 9.84 Å². The van der Waals surface area contributed by atoms with E-state index in [9.17, 15) is 19.1 Å². The molecule has 0 radical (unpaired) electrons. The predicted molar refractivity (Wildman–Crippen MR) is 68.6 cm³/mol. The first-order valence-electron chi connectivity index (χ1n) is 5.28. The van der Waals surface area contributed by atoms with Crippen molar-refractivity contribution in [1.29, 1.82) is 0 Å². The number of hydrogen-bond acceptors (Lipinski definition) is 5. The summed E-state index contributed by atoms with van der Waals surface area (Å²) in [5.74, 6) is -1.12. The summed E-state index contributed by atoms with van der Waals surface area (Å²) in [5, 5.41) is 18.5. The van der Waals surface area contributed by atoms with Gasteiger partial charge in [0.05, 0.1) is 12.0 Å². The van der Waals surface area contributed by atoms with Crippen LogP contribution in [-0.4, -0.2) is 32.6 Å². The number of carboxylic acid groups (broad SMARTS) is 1. The van der Waals surface area contributed by atoms with Crippen LogP contribution >= 0.6 is 0 Å². The van der Waals surface area contributed by atoms with Crippen molar-refractivity contribution in [3.63, 3.8) is 0 Å². The summed E-state index contributed by atoms with van der Waals surface area (Å²) in [6, 6.07) is 4.17. The molecule has 1 aromatic rings. The number of aliphatic carboxylic acids is 1. The van der Waals surface area contributed by atoms with Crippen LogP contribution < -0.4 is 4.74 Å². The molecule has 0 aliphatic heterocycles. The van der Waals surface area contributed by atoms with E-state index in [1.165, 1.54) is 32.2 Å². The number of hydrogen-bond donors (Lipinski definition) is 1. The third-order valence-corrected chi connectivity index (χ3v) is 4.10. The molecule has 0 aliphatic rings. The zero-order chi connectivity index (χ0) is 14.6. The zero-order valence-corrected chi connectivity index (χ0v) is 11.2. The van der Waals surface area contributed by atoms with Gasteiger partial charge in [0.15, 0.2) is 5.75 Å². The molecule has 0 amide bonds. The number of nitrogens with zero attached hydrogens (tertiary/aromatic N) is 1. The molecule has 1 N–H and O–H groups in total. The Hall–Kier alpha value is -1.96. The number of carboxylic acids is 1. The Morgan fingerprint density at radius 2 is 2.21 bits per heavy atom. The smallest absolute Gasteiger partial charge is 0.318 e. The second kappa shape index (κ2) is 6.28. The summed E-state index contributed by atoms with van der Waals surface area (Å²) < 4.78 is 16.6. The molecule has 1 rings (SSSR count). The van der Waals surface area contributed by atoms with Gasteiger partial charge in [-0.25, -0.2) is 0 Å². The third kappa shape index (κ3) is 3.75. The van der Waals surface area contributed by atoms with Crippen LogP contribution in [0.25, 0.3) is 0 Å². The van der Waals surface area contributed by atoms with Gasteiger partial charge >= 0.3 is 11.7 Å². The van der Waals surface area contributed by atoms with Crippen LogP contribution in [0.5, 0.6) is 5.75 Å². The molecule has 19 heavy (non-hydrogen) atoms. The number of rotatable bonds is 6. The molecule has 0 saturated heterocycles. The van der Waals surface area contributed by atoms with Crippen molar-refractivity contribution in [2.75, 3.05) is 7.11 Å². The van der Waals surface area contributed by atoms with Crippen LogP contribution in [-0.2, 0) is 21.3 Å². The van der Waals surface area contributed by atoms with Crippen LogP contribution in [0.1, 0.15) is 12.5 Å². The molecule has 7 nitrogen and oxygen atoms in total. The summed E-state index contributed by atoms with van der Waals surface area (Å²) in [5.41, 5.74) is 0.193. The fraction of sp³-hybridized carbons (Fsp3) is 0.364. The molecule has 0 bridgehead atoms. The maximum absolute atomic E-state index is 11.7. The van der Waals surface area contributed by atoms with Crippen molar-refractivity contribution in [3.05, 3.63) is 33.9 Å². The standard InChI is InChI=1S/C11H13NO6S/c1-7(11(13)14)19(17)6-8-3-4-10(18-2)9(5-8)12(15)16/h3-5,7H,6H2,1-2H3,(H,13,14). The molecule has 2 unspecified atom stereocenters. The van der Waals surface area contributed by atoms with E-state index < -0.39 is 26.9 Å². The normalized spacial score (nSPS) is 13.6. The Morgan fingerprint density at radius 1 is 1.58 bits per heavy atom. The van der Waals surface area contributed by atoms with Gasteiger partial charge in [-0.1, -0.05) is 6.07 Å². The highest BCUT2D eigenvalue weighted by atomic mass is 32.2. The van der Waals surface area contributed by atoms with Gasteiger partial charge in [-0.15, -0.1) is 0 Å². The van der Waals surface area contributed by atoms with Gasteiger partial charge in [0.2, 0.25) is 0 Å². The second-order valence-corrected chi connectivity index (χ2v) is 5.53. The van der Waals surface area contributed by atoms with Crippen molar-refractivity contribution in [2.24, 2.45) is 0 Å². The monoisotopic (exact) mass is 287 g/mol. The maximum Gasteiger partial charge on any atom is 0.318 e. The highest BCUT2D eigenvalue weighted by Gasteiger charge is 2.21. The molecule has 104 valence electrons. The quantitative estimate of drug-likeness (QED) is 0.624. The van der Waals surface area contributed by atoms with Crippen LogP contribution in [0.4, 0.5) is 5.69 Å². The SMILES string of the molecule is COc1ccc(CS(=O)C(C)C(=O)O)cc1[N+](=O)[O-]. The highest BCUT2D eigenvalue weighted by Crippen LogP contribution is 2.28. The van der Waals surface area contributed by atoms with Crippen molar-refractivity contribution in [1.82, 2.24) is 0 Å². The summed E-state index contributed by atoms with van der Waals surface area (Å²) in [7, 11) is -0.327. The molecule has 0 fully saturated rings. The molecule has 0 aliphatic carbocycles. The molecule has 0 spiro atoms. The molecular formula is C11H13NO6S. The average molecular weight is 287 g/mol. The number of carbonyl (C=O) groups is 1. The first-order valence-corrected chi connectivity index (χ1v) is 6.66. The number of benzene rings is 1. The van der Waals surface area contributed by atoms with E-state index in [2.05, 4.69) is 0 Å². The van der Waals surface area contributed by atoms with Crippen LogP contribution in [0, 0.1) is 10.1 Å². The lowest BCUT2D eigenvalue weighted by molar-refractivity contribution is -0.385. The van der Waals surface area contributed by atoms with Gasteiger partial charge in [0.1, 0.15) is 5.25 Å². The largest absolute Gasteiger partial charge is 0.490 e. The minimum Gasteiger partial charge on any atom is -0.490 e. The topological polar surface area (TPSA) is 107 Å². The summed E-state index contributed by atoms with van der Waals surface area (Å²) in [4.78, 5) is 20.9. The Kier molecular flexibility index (Phi) is 4.99. The van der Waals surface area contributed by atoms with Crippen molar-refractivity contribution < 1.29 is 23.8 Å². The molecule has 1 aromatic carbocycles. The molecule has 8 heteroatoms. The van der Waals surface area contributed by atoms with Gasteiger partial charge in [0, 0.05) is 22.6 Å². The molecule has 0 saturated carbocycles. The Balaban J connectivity index is 2.97. The summed E-state index contributed by atoms with van der Waals surface area (Å²) >= 11 is 0. The summed E-state index contributed by atoms with van der Waals surface area (Å²) in [6.07, 6.45) is 0. The lowest BCUT2D eigenvalue weighted by Gasteiger charge is -2.07. The zero-order valence-electron chi connectivity index (χ0n) is 10.4. The minimum atomic E-state index is -1.64. The van der Waals surface area contributed by atoms with E-state index in [1.807, 2.05) is 0 Å². The van der Waals surface area contributed by atoms with Crippen LogP contribution in [0.15, 0.2) is 18.2 Å². The Labute approximate surface area is 111 Å². The van der Waals surface area contributed by atoms with Crippen LogP contribution in [0.3, 0.4) is 0 Å². The van der Waals surface area contributed by atoms with Crippen LogP contribution in [0.2, 0.25) is 0 Å². The van der Waals surface area contributed by atoms with Crippen molar-refractivity contribution >= 4 is 22.5 Å². The predicted octanol–water partition coefficient (Wildman–Crippen LogP) is 1.33. The Morgan fingerprint density at radius 3 is 2.68 bits per heavy atom. The maximum atomic E-state index is 11.7. The first-order chi connectivity index (χ1) is 8.86. The summed E-state index contributed by atoms with van der Waals surface area (Å²) in [6.45, 7) is 1.33. The van der Waals surface area contributed by atoms with E-state index in [-0.39, 0.29) is 17.2 Å². The molecule has 0 heterocycles. The molecular weight excluding hydrogens is 274 g/mol. The van der Waals surface area contributed by atoms with Gasteiger partial charge in [-0.3, -0.25) is 19.1 Å². The van der Waals surface area contributed by atoms with E-state index >= 15 is 0 Å². The minimum absolute atomic E-state index is 0.0572. The van der Waals surface area contributed by atoms with Crippen molar-refractivity contribution in [3.8, 4) is 5.75 Å². The second-order valence-electron chi connectivity index (χ2n) is 3.77. The fourth-order valence-electron chi connectivity index (χ4n) is 1.37. The first kappa shape index (κ1) is 15.1. The van der Waals surface area contributed by atoms with Gasteiger partial charge < -0.3 is 9.84 Å². The van der Waals surface area contributed by atoms with Gasteiger partial charge in [0.25, 0.3) is 0 Å². The number of ether oxygens (including phenoxy) is 1. The number of nitro benzene ring substituents is 1. The van der Waals surface area contributed by atoms with E-state index in [0.29, 0.717) is 5.56 Å². The Bertz CT molecular complexity index is 530. The number of methoxy groups -OCH3 is 1. The van der Waals surface area contributed by atoms with Crippen molar-refractivity contribution in [2.45, 2.75) is 17.9 Å². The van der Waals surface area contributed by atoms with Gasteiger partial charge in [-0.05, 0) is 18.6 Å². The number of nitro groups is 1. The lowest BCUT2D eigenvalue weighted by atomic mass is 10.2. The van der Waals surface area contributed by atoms with E-state index in [1.54, 1.807) is 0 Å².